The van der Waals surface area contributed by atoms with Crippen LogP contribution in [0.1, 0.15) is 33.6 Å². The van der Waals surface area contributed by atoms with Gasteiger partial charge in [-0.25, -0.2) is 0 Å². The Kier molecular flexibility index (Phi) is 5.41. The lowest BCUT2D eigenvalue weighted by atomic mass is 10.2. The molecule has 98 valence electrons. The number of hydrogen-bond donors (Lipinski definition) is 2. The van der Waals surface area contributed by atoms with Crippen LogP contribution in [0.25, 0.3) is 0 Å². The molecule has 2 atom stereocenters. The predicted octanol–water partition coefficient (Wildman–Crippen LogP) is 0.112. The molecule has 2 unspecified atom stereocenters. The second kappa shape index (κ2) is 6.59. The van der Waals surface area contributed by atoms with Gasteiger partial charge in [0, 0.05) is 19.6 Å². The Morgan fingerprint density at radius 1 is 1.18 bits per heavy atom. The van der Waals surface area contributed by atoms with Gasteiger partial charge >= 0.3 is 0 Å². The van der Waals surface area contributed by atoms with Crippen molar-refractivity contribution < 1.29 is 9.59 Å². The number of rotatable bonds is 5. The molecule has 5 heteroatoms. The number of likely N-dealkylation sites (N-methyl/N-ethyl adjacent to an activating group) is 1. The second-order valence-corrected chi connectivity index (χ2v) is 4.54. The molecular formula is C12H23N3O2. The van der Waals surface area contributed by atoms with Crippen molar-refractivity contribution in [3.05, 3.63) is 0 Å². The average Bonchev–Trinajstić information content (AvgIpc) is 2.81. The first-order valence-corrected chi connectivity index (χ1v) is 6.38. The predicted molar refractivity (Wildman–Crippen MR) is 66.6 cm³/mol. The van der Waals surface area contributed by atoms with Crippen molar-refractivity contribution in [1.82, 2.24) is 15.5 Å². The summed E-state index contributed by atoms with van der Waals surface area (Å²) >= 11 is 0. The molecule has 5 nitrogen and oxygen atoms in total. The molecule has 1 saturated heterocycles. The number of carbonyl (C=O) groups excluding carboxylic acids is 2. The highest BCUT2D eigenvalue weighted by molar-refractivity contribution is 5.85. The summed E-state index contributed by atoms with van der Waals surface area (Å²) in [7, 11) is 0. The van der Waals surface area contributed by atoms with Gasteiger partial charge in [0.2, 0.25) is 11.8 Å². The van der Waals surface area contributed by atoms with E-state index in [1.807, 2.05) is 18.7 Å². The second-order valence-electron chi connectivity index (χ2n) is 4.54. The zero-order valence-corrected chi connectivity index (χ0v) is 11.0. The van der Waals surface area contributed by atoms with Gasteiger partial charge in [-0.1, -0.05) is 0 Å². The highest BCUT2D eigenvalue weighted by atomic mass is 16.2. The van der Waals surface area contributed by atoms with Crippen molar-refractivity contribution in [3.8, 4) is 0 Å². The molecule has 0 aromatic heterocycles. The molecule has 1 rings (SSSR count). The molecule has 0 saturated carbocycles. The molecular weight excluding hydrogens is 218 g/mol. The summed E-state index contributed by atoms with van der Waals surface area (Å²) < 4.78 is 0. The fourth-order valence-electron chi connectivity index (χ4n) is 2.06. The molecule has 1 aliphatic heterocycles. The molecule has 17 heavy (non-hydrogen) atoms. The molecule has 0 bridgehead atoms. The first-order valence-electron chi connectivity index (χ1n) is 6.38. The van der Waals surface area contributed by atoms with Gasteiger partial charge in [-0.3, -0.25) is 14.9 Å². The van der Waals surface area contributed by atoms with Gasteiger partial charge in [0.15, 0.2) is 0 Å². The van der Waals surface area contributed by atoms with Gasteiger partial charge in [-0.15, -0.1) is 0 Å². The first kappa shape index (κ1) is 14.0. The van der Waals surface area contributed by atoms with Crippen LogP contribution in [-0.2, 0) is 9.59 Å². The van der Waals surface area contributed by atoms with Crippen LogP contribution < -0.4 is 10.6 Å². The molecule has 1 aliphatic rings. The lowest BCUT2D eigenvalue weighted by molar-refractivity contribution is -0.132. The SMILES string of the molecule is CCNC(=O)C(C)NC(C)C(=O)N1CCCC1. The Morgan fingerprint density at radius 2 is 1.76 bits per heavy atom. The van der Waals surface area contributed by atoms with Gasteiger partial charge in [0.05, 0.1) is 12.1 Å². The van der Waals surface area contributed by atoms with Crippen molar-refractivity contribution in [2.75, 3.05) is 19.6 Å². The number of likely N-dealkylation sites (tertiary alicyclic amines) is 1. The largest absolute Gasteiger partial charge is 0.355 e. The van der Waals surface area contributed by atoms with E-state index in [4.69, 9.17) is 0 Å². The van der Waals surface area contributed by atoms with Gasteiger partial charge in [0.25, 0.3) is 0 Å². The fourth-order valence-corrected chi connectivity index (χ4v) is 2.06. The number of carbonyl (C=O) groups is 2. The molecule has 0 radical (unpaired) electrons. The quantitative estimate of drug-likeness (QED) is 0.718. The van der Waals surface area contributed by atoms with E-state index in [0.717, 1.165) is 25.9 Å². The Bertz CT molecular complexity index is 275. The average molecular weight is 241 g/mol. The summed E-state index contributed by atoms with van der Waals surface area (Å²) in [6, 6.07) is -0.637. The molecule has 0 aliphatic carbocycles. The Hall–Kier alpha value is -1.10. The van der Waals surface area contributed by atoms with Crippen LogP contribution in [0.2, 0.25) is 0 Å². The Morgan fingerprint density at radius 3 is 2.29 bits per heavy atom. The molecule has 1 fully saturated rings. The molecule has 2 N–H and O–H groups in total. The van der Waals surface area contributed by atoms with Crippen LogP contribution in [0.4, 0.5) is 0 Å². The summed E-state index contributed by atoms with van der Waals surface area (Å²) in [4.78, 5) is 25.4. The number of amides is 2. The number of nitrogens with one attached hydrogen (secondary N) is 2. The minimum absolute atomic E-state index is 0.0615. The highest BCUT2D eigenvalue weighted by Gasteiger charge is 2.25. The van der Waals surface area contributed by atoms with Crippen molar-refractivity contribution in [1.29, 1.82) is 0 Å². The van der Waals surface area contributed by atoms with Crippen LogP contribution >= 0.6 is 0 Å². The summed E-state index contributed by atoms with van der Waals surface area (Å²) in [6.07, 6.45) is 2.18. The third-order valence-corrected chi connectivity index (χ3v) is 3.03. The first-order chi connectivity index (χ1) is 8.06. The van der Waals surface area contributed by atoms with Gasteiger partial charge < -0.3 is 10.2 Å². The van der Waals surface area contributed by atoms with E-state index in [9.17, 15) is 9.59 Å². The highest BCUT2D eigenvalue weighted by Crippen LogP contribution is 2.09. The van der Waals surface area contributed by atoms with Gasteiger partial charge in [0.1, 0.15) is 0 Å². The van der Waals surface area contributed by atoms with Crippen molar-refractivity contribution >= 4 is 11.8 Å². The smallest absolute Gasteiger partial charge is 0.239 e. The van der Waals surface area contributed by atoms with E-state index in [-0.39, 0.29) is 23.9 Å². The number of hydrogen-bond acceptors (Lipinski definition) is 3. The van der Waals surface area contributed by atoms with E-state index in [1.165, 1.54) is 0 Å². The summed E-state index contributed by atoms with van der Waals surface area (Å²) in [5, 5.41) is 5.77. The maximum Gasteiger partial charge on any atom is 0.239 e. The lowest BCUT2D eigenvalue weighted by Gasteiger charge is -2.23. The van der Waals surface area contributed by atoms with Crippen LogP contribution in [0, 0.1) is 0 Å². The third kappa shape index (κ3) is 4.00. The van der Waals surface area contributed by atoms with E-state index in [1.54, 1.807) is 6.92 Å². The lowest BCUT2D eigenvalue weighted by Crippen LogP contribution is -2.51. The van der Waals surface area contributed by atoms with Crippen LogP contribution in [0.3, 0.4) is 0 Å². The van der Waals surface area contributed by atoms with E-state index in [2.05, 4.69) is 10.6 Å². The normalized spacial score (nSPS) is 18.9. The zero-order chi connectivity index (χ0) is 12.8. The van der Waals surface area contributed by atoms with Gasteiger partial charge in [-0.05, 0) is 33.6 Å². The van der Waals surface area contributed by atoms with Crippen LogP contribution in [0.15, 0.2) is 0 Å². The summed E-state index contributed by atoms with van der Waals surface area (Å²) in [5.74, 6) is 0.0345. The molecule has 0 aromatic carbocycles. The fraction of sp³-hybridized carbons (Fsp3) is 0.833. The van der Waals surface area contributed by atoms with Crippen LogP contribution in [-0.4, -0.2) is 48.4 Å². The van der Waals surface area contributed by atoms with E-state index >= 15 is 0 Å². The van der Waals surface area contributed by atoms with Crippen molar-refractivity contribution in [2.45, 2.75) is 45.7 Å². The molecule has 0 spiro atoms. The molecule has 1 heterocycles. The van der Waals surface area contributed by atoms with E-state index < -0.39 is 0 Å². The van der Waals surface area contributed by atoms with E-state index in [0.29, 0.717) is 6.54 Å². The maximum absolute atomic E-state index is 12.0. The monoisotopic (exact) mass is 241 g/mol. The Labute approximate surface area is 103 Å². The Balaban J connectivity index is 2.39. The standard InChI is InChI=1S/C12H23N3O2/c1-4-13-11(16)9(2)14-10(3)12(17)15-7-5-6-8-15/h9-10,14H,4-8H2,1-3H3,(H,13,16). The molecule has 2 amide bonds. The topological polar surface area (TPSA) is 61.4 Å². The van der Waals surface area contributed by atoms with Crippen molar-refractivity contribution in [2.24, 2.45) is 0 Å². The minimum atomic E-state index is -0.337. The summed E-state index contributed by atoms with van der Waals surface area (Å²) in [5.41, 5.74) is 0. The van der Waals surface area contributed by atoms with Gasteiger partial charge in [-0.2, -0.15) is 0 Å². The third-order valence-electron chi connectivity index (χ3n) is 3.03. The maximum atomic E-state index is 12.0. The minimum Gasteiger partial charge on any atom is -0.355 e. The molecule has 0 aromatic rings. The van der Waals surface area contributed by atoms with Crippen molar-refractivity contribution in [3.63, 3.8) is 0 Å². The summed E-state index contributed by atoms with van der Waals surface area (Å²) in [6.45, 7) is 7.78. The van der Waals surface area contributed by atoms with Crippen LogP contribution in [0.5, 0.6) is 0 Å². The zero-order valence-electron chi connectivity index (χ0n) is 11.0. The number of nitrogens with zero attached hydrogens (tertiary/aromatic N) is 1.